The number of tetrazole rings is 1. The molecule has 0 fully saturated rings. The van der Waals surface area contributed by atoms with Gasteiger partial charge in [-0.25, -0.2) is 9.67 Å². The Kier molecular flexibility index (Phi) is 3.38. The van der Waals surface area contributed by atoms with Crippen LogP contribution in [0.2, 0.25) is 0 Å². The van der Waals surface area contributed by atoms with Crippen LogP contribution in [0.4, 0.5) is 5.82 Å². The monoisotopic (exact) mass is 280 g/mol. The van der Waals surface area contributed by atoms with Gasteiger partial charge in [-0.3, -0.25) is 4.79 Å². The molecule has 7 heteroatoms. The molecule has 7 nitrogen and oxygen atoms in total. The van der Waals surface area contributed by atoms with Crippen LogP contribution in [0.25, 0.3) is 5.69 Å². The van der Waals surface area contributed by atoms with Crippen LogP contribution in [0.15, 0.2) is 48.8 Å². The first-order valence-corrected chi connectivity index (χ1v) is 6.31. The summed E-state index contributed by atoms with van der Waals surface area (Å²) in [5.41, 5.74) is 2.17. The first kappa shape index (κ1) is 12.9. The van der Waals surface area contributed by atoms with Gasteiger partial charge in [-0.05, 0) is 53.7 Å². The molecule has 0 radical (unpaired) electrons. The molecule has 0 unspecified atom stereocenters. The van der Waals surface area contributed by atoms with Gasteiger partial charge in [0.05, 0.1) is 5.69 Å². The molecule has 0 aliphatic rings. The van der Waals surface area contributed by atoms with E-state index in [2.05, 4.69) is 25.8 Å². The van der Waals surface area contributed by atoms with Gasteiger partial charge in [0.25, 0.3) is 5.91 Å². The maximum Gasteiger partial charge on any atom is 0.256 e. The summed E-state index contributed by atoms with van der Waals surface area (Å²) in [6.45, 7) is 1.87. The van der Waals surface area contributed by atoms with E-state index in [9.17, 15) is 4.79 Å². The molecule has 0 atom stereocenters. The van der Waals surface area contributed by atoms with Gasteiger partial charge < -0.3 is 5.32 Å². The lowest BCUT2D eigenvalue weighted by Gasteiger charge is -2.06. The number of hydrogen-bond donors (Lipinski definition) is 1. The highest BCUT2D eigenvalue weighted by Gasteiger charge is 2.07. The molecule has 104 valence electrons. The molecule has 1 aromatic carbocycles. The predicted molar refractivity (Wildman–Crippen MR) is 76.1 cm³/mol. The lowest BCUT2D eigenvalue weighted by Crippen LogP contribution is -2.13. The van der Waals surface area contributed by atoms with E-state index in [0.717, 1.165) is 11.4 Å². The van der Waals surface area contributed by atoms with Crippen LogP contribution < -0.4 is 5.32 Å². The van der Waals surface area contributed by atoms with Crippen molar-refractivity contribution >= 4 is 11.7 Å². The number of aromatic nitrogens is 5. The van der Waals surface area contributed by atoms with E-state index in [4.69, 9.17) is 0 Å². The molecule has 3 rings (SSSR count). The second-order valence-electron chi connectivity index (χ2n) is 4.42. The number of rotatable bonds is 3. The molecule has 1 amide bonds. The highest BCUT2D eigenvalue weighted by molar-refractivity contribution is 6.03. The molecule has 0 saturated heterocycles. The van der Waals surface area contributed by atoms with Crippen LogP contribution in [0.5, 0.6) is 0 Å². The number of carbonyl (C=O) groups is 1. The Morgan fingerprint density at radius 3 is 2.62 bits per heavy atom. The fraction of sp³-hybridized carbons (Fsp3) is 0.0714. The Hall–Kier alpha value is -3.09. The average molecular weight is 280 g/mol. The third-order valence-corrected chi connectivity index (χ3v) is 2.87. The van der Waals surface area contributed by atoms with Gasteiger partial charge in [0, 0.05) is 11.3 Å². The Balaban J connectivity index is 1.76. The van der Waals surface area contributed by atoms with Gasteiger partial charge in [0.1, 0.15) is 12.1 Å². The summed E-state index contributed by atoms with van der Waals surface area (Å²) < 4.78 is 1.52. The molecular weight excluding hydrogens is 268 g/mol. The van der Waals surface area contributed by atoms with E-state index in [1.165, 1.54) is 11.0 Å². The number of pyridine rings is 1. The minimum absolute atomic E-state index is 0.212. The number of hydrogen-bond acceptors (Lipinski definition) is 5. The fourth-order valence-electron chi connectivity index (χ4n) is 1.85. The van der Waals surface area contributed by atoms with Crippen molar-refractivity contribution in [3.63, 3.8) is 0 Å². The van der Waals surface area contributed by atoms with Gasteiger partial charge in [-0.1, -0.05) is 6.07 Å². The van der Waals surface area contributed by atoms with Crippen molar-refractivity contribution in [1.82, 2.24) is 25.2 Å². The summed E-state index contributed by atoms with van der Waals surface area (Å²) in [4.78, 5) is 16.4. The molecule has 2 aromatic heterocycles. The van der Waals surface area contributed by atoms with Crippen LogP contribution >= 0.6 is 0 Å². The van der Waals surface area contributed by atoms with Crippen LogP contribution in [-0.2, 0) is 0 Å². The third kappa shape index (κ3) is 2.92. The van der Waals surface area contributed by atoms with E-state index in [1.807, 2.05) is 19.1 Å². The van der Waals surface area contributed by atoms with E-state index >= 15 is 0 Å². The fourth-order valence-corrected chi connectivity index (χ4v) is 1.85. The molecule has 0 bridgehead atoms. The Morgan fingerprint density at radius 1 is 1.14 bits per heavy atom. The summed E-state index contributed by atoms with van der Waals surface area (Å²) >= 11 is 0. The number of anilines is 1. The lowest BCUT2D eigenvalue weighted by atomic mass is 10.2. The zero-order valence-electron chi connectivity index (χ0n) is 11.3. The molecule has 0 aliphatic heterocycles. The van der Waals surface area contributed by atoms with Gasteiger partial charge in [-0.2, -0.15) is 0 Å². The molecule has 3 aromatic rings. The highest BCUT2D eigenvalue weighted by atomic mass is 16.1. The summed E-state index contributed by atoms with van der Waals surface area (Å²) in [6, 6.07) is 12.4. The number of amides is 1. The Labute approximate surface area is 120 Å². The maximum absolute atomic E-state index is 12.1. The molecule has 21 heavy (non-hydrogen) atoms. The van der Waals surface area contributed by atoms with E-state index in [-0.39, 0.29) is 5.91 Å². The standard InChI is InChI=1S/C14H12N6O/c1-10-3-2-4-13(16-10)17-14(21)11-5-7-12(8-6-11)20-9-15-18-19-20/h2-9H,1H3,(H,16,17,21). The van der Waals surface area contributed by atoms with Crippen LogP contribution in [0.1, 0.15) is 16.1 Å². The molecule has 0 spiro atoms. The van der Waals surface area contributed by atoms with Crippen molar-refractivity contribution < 1.29 is 4.79 Å². The largest absolute Gasteiger partial charge is 0.307 e. The van der Waals surface area contributed by atoms with Crippen molar-refractivity contribution in [3.05, 3.63) is 60.0 Å². The minimum atomic E-state index is -0.212. The van der Waals surface area contributed by atoms with E-state index in [0.29, 0.717) is 11.4 Å². The Morgan fingerprint density at radius 2 is 1.95 bits per heavy atom. The van der Waals surface area contributed by atoms with Gasteiger partial charge in [0.2, 0.25) is 0 Å². The van der Waals surface area contributed by atoms with Crippen molar-refractivity contribution in [2.24, 2.45) is 0 Å². The van der Waals surface area contributed by atoms with Gasteiger partial charge in [0.15, 0.2) is 0 Å². The molecule has 1 N–H and O–H groups in total. The normalized spacial score (nSPS) is 10.3. The maximum atomic E-state index is 12.1. The molecular formula is C14H12N6O. The number of nitrogens with zero attached hydrogens (tertiary/aromatic N) is 5. The zero-order chi connectivity index (χ0) is 14.7. The smallest absolute Gasteiger partial charge is 0.256 e. The lowest BCUT2D eigenvalue weighted by molar-refractivity contribution is 0.102. The van der Waals surface area contributed by atoms with Crippen molar-refractivity contribution in [2.45, 2.75) is 6.92 Å². The third-order valence-electron chi connectivity index (χ3n) is 2.87. The van der Waals surface area contributed by atoms with Crippen LogP contribution in [0.3, 0.4) is 0 Å². The summed E-state index contributed by atoms with van der Waals surface area (Å²) in [6.07, 6.45) is 1.49. The van der Waals surface area contributed by atoms with Crippen molar-refractivity contribution in [3.8, 4) is 5.69 Å². The summed E-state index contributed by atoms with van der Waals surface area (Å²) in [5.74, 6) is 0.320. The highest BCUT2D eigenvalue weighted by Crippen LogP contribution is 2.10. The Bertz CT molecular complexity index is 751. The first-order chi connectivity index (χ1) is 10.2. The molecule has 0 saturated carbocycles. The number of benzene rings is 1. The quantitative estimate of drug-likeness (QED) is 0.788. The molecule has 0 aliphatic carbocycles. The topological polar surface area (TPSA) is 85.6 Å². The molecule has 2 heterocycles. The van der Waals surface area contributed by atoms with Gasteiger partial charge >= 0.3 is 0 Å². The summed E-state index contributed by atoms with van der Waals surface area (Å²) in [5, 5.41) is 13.7. The average Bonchev–Trinajstić information content (AvgIpc) is 3.01. The minimum Gasteiger partial charge on any atom is -0.307 e. The predicted octanol–water partition coefficient (Wildman–Crippen LogP) is 1.62. The zero-order valence-corrected chi connectivity index (χ0v) is 11.3. The van der Waals surface area contributed by atoms with Crippen LogP contribution in [0, 0.1) is 6.92 Å². The summed E-state index contributed by atoms with van der Waals surface area (Å²) in [7, 11) is 0. The van der Waals surface area contributed by atoms with E-state index < -0.39 is 0 Å². The number of nitrogens with one attached hydrogen (secondary N) is 1. The second-order valence-corrected chi connectivity index (χ2v) is 4.42. The van der Waals surface area contributed by atoms with Crippen molar-refractivity contribution in [2.75, 3.05) is 5.32 Å². The second kappa shape index (κ2) is 5.49. The van der Waals surface area contributed by atoms with Crippen molar-refractivity contribution in [1.29, 1.82) is 0 Å². The van der Waals surface area contributed by atoms with Gasteiger partial charge in [-0.15, -0.1) is 5.10 Å². The first-order valence-electron chi connectivity index (χ1n) is 6.31. The number of carbonyl (C=O) groups excluding carboxylic acids is 1. The SMILES string of the molecule is Cc1cccc(NC(=O)c2ccc(-n3cnnn3)cc2)n1. The number of aryl methyl sites for hydroxylation is 1. The van der Waals surface area contributed by atoms with E-state index in [1.54, 1.807) is 30.3 Å². The van der Waals surface area contributed by atoms with Crippen LogP contribution in [-0.4, -0.2) is 31.1 Å².